The molecule has 0 bridgehead atoms. The average Bonchev–Trinajstić information content (AvgIpc) is 3.57. The summed E-state index contributed by atoms with van der Waals surface area (Å²) in [5, 5.41) is 2.49. The summed E-state index contributed by atoms with van der Waals surface area (Å²) in [4.78, 5) is 4.96. The molecule has 5 heteroatoms. The largest absolute Gasteiger partial charge is 0.458 e. The molecule has 9 aromatic rings. The minimum Gasteiger partial charge on any atom is -0.458 e. The van der Waals surface area contributed by atoms with Crippen molar-refractivity contribution in [3.8, 4) is 17.2 Å². The summed E-state index contributed by atoms with van der Waals surface area (Å²) < 4.78 is 9.21. The first kappa shape index (κ1) is 29.5. The number of nitrogens with zero attached hydrogens (tertiary/aromatic N) is 3. The van der Waals surface area contributed by atoms with E-state index in [-0.39, 0.29) is 6.71 Å². The van der Waals surface area contributed by atoms with E-state index in [1.54, 1.807) is 0 Å². The summed E-state index contributed by atoms with van der Waals surface area (Å²) in [6, 6.07) is 62.7. The molecule has 8 aromatic carbocycles. The zero-order valence-electron chi connectivity index (χ0n) is 29.9. The van der Waals surface area contributed by atoms with Gasteiger partial charge >= 0.3 is 0 Å². The average molecular weight is 702 g/mol. The Morgan fingerprint density at radius 2 is 0.945 bits per heavy atom. The summed E-state index contributed by atoms with van der Waals surface area (Å²) in [5.41, 5.74) is 20.0. The number of para-hydroxylation sites is 5. The Hall–Kier alpha value is -6.98. The lowest BCUT2D eigenvalue weighted by Crippen LogP contribution is -2.58. The zero-order chi connectivity index (χ0) is 35.8. The molecule has 5 heterocycles. The molecule has 4 nitrogen and oxygen atoms in total. The molecule has 4 aliphatic heterocycles. The van der Waals surface area contributed by atoms with Crippen LogP contribution in [0.1, 0.15) is 22.3 Å². The van der Waals surface area contributed by atoms with Gasteiger partial charge in [0, 0.05) is 68.9 Å². The van der Waals surface area contributed by atoms with Crippen molar-refractivity contribution < 1.29 is 4.74 Å². The van der Waals surface area contributed by atoms with Crippen molar-refractivity contribution in [1.82, 2.24) is 4.57 Å². The van der Waals surface area contributed by atoms with Gasteiger partial charge in [-0.3, -0.25) is 0 Å². The van der Waals surface area contributed by atoms with E-state index < -0.39 is 0 Å². The fraction of sp³-hybridized carbons (Fsp3) is 0.0400. The number of rotatable bonds is 2. The Morgan fingerprint density at radius 3 is 1.60 bits per heavy atom. The van der Waals surface area contributed by atoms with Gasteiger partial charge < -0.3 is 19.1 Å². The van der Waals surface area contributed by atoms with Gasteiger partial charge in [-0.15, -0.1) is 0 Å². The first-order valence-electron chi connectivity index (χ1n) is 19.2. The van der Waals surface area contributed by atoms with Gasteiger partial charge in [-0.05, 0) is 111 Å². The highest BCUT2D eigenvalue weighted by Gasteiger charge is 2.41. The van der Waals surface area contributed by atoms with Gasteiger partial charge in [0.15, 0.2) is 0 Å². The van der Waals surface area contributed by atoms with Crippen LogP contribution in [0.4, 0.5) is 34.1 Å². The molecule has 13 rings (SSSR count). The molecule has 256 valence electrons. The molecule has 1 aromatic heterocycles. The van der Waals surface area contributed by atoms with E-state index in [2.05, 4.69) is 184 Å². The molecule has 0 aliphatic carbocycles. The molecule has 0 unspecified atom stereocenters. The van der Waals surface area contributed by atoms with E-state index >= 15 is 0 Å². The fourth-order valence-corrected chi connectivity index (χ4v) is 10.1. The van der Waals surface area contributed by atoms with Crippen LogP contribution in [0.5, 0.6) is 11.5 Å². The van der Waals surface area contributed by atoms with Gasteiger partial charge in [-0.25, -0.2) is 0 Å². The van der Waals surface area contributed by atoms with Gasteiger partial charge in [-0.1, -0.05) is 97.1 Å². The van der Waals surface area contributed by atoms with Crippen LogP contribution < -0.4 is 30.9 Å². The monoisotopic (exact) mass is 701 g/mol. The number of aromatic nitrogens is 1. The van der Waals surface area contributed by atoms with E-state index in [4.69, 9.17) is 4.74 Å². The Kier molecular flexibility index (Phi) is 5.79. The number of benzene rings is 8. The maximum absolute atomic E-state index is 6.70. The molecular formula is C50H32BN3O. The predicted molar refractivity (Wildman–Crippen MR) is 227 cm³/mol. The van der Waals surface area contributed by atoms with E-state index in [9.17, 15) is 0 Å². The molecule has 0 atom stereocenters. The van der Waals surface area contributed by atoms with Crippen LogP contribution in [0.15, 0.2) is 170 Å². The third-order valence-electron chi connectivity index (χ3n) is 12.4. The summed E-state index contributed by atoms with van der Waals surface area (Å²) in [5.74, 6) is 1.86. The van der Waals surface area contributed by atoms with Crippen molar-refractivity contribution in [2.45, 2.75) is 12.8 Å². The number of anilines is 6. The van der Waals surface area contributed by atoms with Crippen LogP contribution in [-0.2, 0) is 12.8 Å². The second-order valence-corrected chi connectivity index (χ2v) is 15.3. The highest BCUT2D eigenvalue weighted by atomic mass is 16.5. The molecular weight excluding hydrogens is 669 g/mol. The third-order valence-corrected chi connectivity index (χ3v) is 12.4. The molecule has 55 heavy (non-hydrogen) atoms. The quantitative estimate of drug-likeness (QED) is 0.167. The lowest BCUT2D eigenvalue weighted by Gasteiger charge is -2.36. The molecule has 0 N–H and O–H groups in total. The second kappa shape index (κ2) is 10.8. The van der Waals surface area contributed by atoms with Gasteiger partial charge in [-0.2, -0.15) is 0 Å². The Bertz CT molecular complexity index is 3030. The standard InChI is InChI=1S/C50H32BN3O/c1-6-17-41-31(12-1)26-32-13-2-7-18-42(32)52(41)35-24-25-45-37(28-35)38-29-36(53-43-19-8-3-14-33(43)27-34-15-4-9-20-44(34)53)30-40-50(38)54(45)46-21-11-23-48-49(46)51(40)39-16-5-10-22-47(39)55-48/h1-25,28-30H,26-27H2. The van der Waals surface area contributed by atoms with Gasteiger partial charge in [0.1, 0.15) is 11.5 Å². The predicted octanol–water partition coefficient (Wildman–Crippen LogP) is 10.5. The Morgan fingerprint density at radius 1 is 0.418 bits per heavy atom. The lowest BCUT2D eigenvalue weighted by molar-refractivity contribution is 0.487. The molecule has 0 radical (unpaired) electrons. The molecule has 0 fully saturated rings. The number of fused-ring (bicyclic) bond motifs is 11. The number of ether oxygens (including phenoxy) is 1. The van der Waals surface area contributed by atoms with Crippen LogP contribution in [0.25, 0.3) is 27.5 Å². The van der Waals surface area contributed by atoms with Crippen LogP contribution >= 0.6 is 0 Å². The fourth-order valence-electron chi connectivity index (χ4n) is 10.1. The first-order chi connectivity index (χ1) is 27.3. The lowest BCUT2D eigenvalue weighted by atomic mass is 9.34. The van der Waals surface area contributed by atoms with Crippen LogP contribution in [-0.4, -0.2) is 11.3 Å². The van der Waals surface area contributed by atoms with Crippen LogP contribution in [0, 0.1) is 0 Å². The van der Waals surface area contributed by atoms with Crippen molar-refractivity contribution in [2.24, 2.45) is 0 Å². The summed E-state index contributed by atoms with van der Waals surface area (Å²) in [6.45, 7) is 0.0195. The van der Waals surface area contributed by atoms with E-state index in [1.807, 2.05) is 0 Å². The minimum atomic E-state index is 0.0195. The SMILES string of the molecule is c1ccc2c(c1)Cc1ccccc1N2c1ccc2c(c1)c1cc(N3c4ccccc4Cc4ccccc43)cc3c1n2-c1cccc2c1B3c1ccccc1O2. The van der Waals surface area contributed by atoms with E-state index in [0.717, 1.165) is 30.0 Å². The number of hydrogen-bond acceptors (Lipinski definition) is 3. The Labute approximate surface area is 319 Å². The highest BCUT2D eigenvalue weighted by molar-refractivity contribution is 6.99. The van der Waals surface area contributed by atoms with Crippen molar-refractivity contribution in [2.75, 3.05) is 9.80 Å². The van der Waals surface area contributed by atoms with Gasteiger partial charge in [0.2, 0.25) is 0 Å². The minimum absolute atomic E-state index is 0.0195. The van der Waals surface area contributed by atoms with Crippen LogP contribution in [0.3, 0.4) is 0 Å². The summed E-state index contributed by atoms with van der Waals surface area (Å²) >= 11 is 0. The maximum atomic E-state index is 6.70. The van der Waals surface area contributed by atoms with Crippen LogP contribution in [0.2, 0.25) is 0 Å². The number of hydrogen-bond donors (Lipinski definition) is 0. The normalized spacial score (nSPS) is 14.1. The molecule has 4 aliphatic rings. The van der Waals surface area contributed by atoms with E-state index in [0.29, 0.717) is 0 Å². The molecule has 0 spiro atoms. The Balaban J connectivity index is 1.15. The van der Waals surface area contributed by atoms with Crippen molar-refractivity contribution in [1.29, 1.82) is 0 Å². The first-order valence-corrected chi connectivity index (χ1v) is 19.2. The molecule has 0 saturated heterocycles. The van der Waals surface area contributed by atoms with Crippen molar-refractivity contribution >= 4 is 79.0 Å². The van der Waals surface area contributed by atoms with Gasteiger partial charge in [0.05, 0.1) is 5.52 Å². The van der Waals surface area contributed by atoms with Crippen molar-refractivity contribution in [3.05, 3.63) is 192 Å². The highest BCUT2D eigenvalue weighted by Crippen LogP contribution is 2.48. The molecule has 0 amide bonds. The summed E-state index contributed by atoms with van der Waals surface area (Å²) in [6.07, 6.45) is 1.85. The summed E-state index contributed by atoms with van der Waals surface area (Å²) in [7, 11) is 0. The molecule has 0 saturated carbocycles. The van der Waals surface area contributed by atoms with Crippen molar-refractivity contribution in [3.63, 3.8) is 0 Å². The topological polar surface area (TPSA) is 20.6 Å². The third kappa shape index (κ3) is 3.97. The smallest absolute Gasteiger partial charge is 0.256 e. The van der Waals surface area contributed by atoms with Gasteiger partial charge in [0.25, 0.3) is 6.71 Å². The van der Waals surface area contributed by atoms with E-state index in [1.165, 1.54) is 94.6 Å². The maximum Gasteiger partial charge on any atom is 0.256 e. The second-order valence-electron chi connectivity index (χ2n) is 15.3. The zero-order valence-corrected chi connectivity index (χ0v) is 29.9.